The van der Waals surface area contributed by atoms with E-state index in [4.69, 9.17) is 9.47 Å². The number of benzene rings is 1. The van der Waals surface area contributed by atoms with Gasteiger partial charge in [0.05, 0.1) is 5.56 Å². The van der Waals surface area contributed by atoms with Crippen LogP contribution in [0.25, 0.3) is 0 Å². The molecule has 1 aliphatic heterocycles. The van der Waals surface area contributed by atoms with Gasteiger partial charge in [-0.1, -0.05) is 6.07 Å². The number of carbonyl (C=O) groups excluding carboxylic acids is 2. The Hall–Kier alpha value is -2.40. The maximum Gasteiger partial charge on any atom is 0.353 e. The van der Waals surface area contributed by atoms with E-state index in [1.165, 1.54) is 11.3 Å². The van der Waals surface area contributed by atoms with Gasteiger partial charge in [-0.2, -0.15) is 0 Å². The molecule has 0 aliphatic carbocycles. The predicted molar refractivity (Wildman–Crippen MR) is 79.1 cm³/mol. The topological polar surface area (TPSA) is 52.6 Å². The smallest absolute Gasteiger partial charge is 0.353 e. The normalized spacial score (nSPS) is 12.9. The van der Waals surface area contributed by atoms with Crippen LogP contribution in [0.15, 0.2) is 47.0 Å². The molecule has 4 nitrogen and oxygen atoms in total. The van der Waals surface area contributed by atoms with E-state index in [9.17, 15) is 9.59 Å². The van der Waals surface area contributed by atoms with E-state index in [1.807, 2.05) is 19.2 Å². The second-order valence-electron chi connectivity index (χ2n) is 4.79. The fraction of sp³-hybridized carbons (Fsp3) is 0.125. The second kappa shape index (κ2) is 5.18. The Morgan fingerprint density at radius 2 is 2.05 bits per heavy atom. The number of fused-ring (bicyclic) bond motifs is 1. The molecule has 2 aromatic rings. The Morgan fingerprint density at radius 1 is 1.24 bits per heavy atom. The number of allylic oxidation sites excluding steroid dienone is 2. The highest BCUT2D eigenvalue weighted by Crippen LogP contribution is 2.35. The quantitative estimate of drug-likeness (QED) is 0.480. The van der Waals surface area contributed by atoms with Crippen LogP contribution in [0.3, 0.4) is 0 Å². The van der Waals surface area contributed by atoms with E-state index < -0.39 is 5.97 Å². The Labute approximate surface area is 125 Å². The first-order valence-electron chi connectivity index (χ1n) is 6.36. The molecule has 1 aromatic heterocycles. The summed E-state index contributed by atoms with van der Waals surface area (Å²) >= 11 is 1.31. The van der Waals surface area contributed by atoms with Gasteiger partial charge >= 0.3 is 5.97 Å². The number of thiophene rings is 1. The van der Waals surface area contributed by atoms with Crippen LogP contribution < -0.4 is 9.47 Å². The molecule has 2 heterocycles. The minimum Gasteiger partial charge on any atom is -0.452 e. The second-order valence-corrected chi connectivity index (χ2v) is 5.73. The van der Waals surface area contributed by atoms with Gasteiger partial charge in [-0.15, -0.1) is 11.3 Å². The largest absolute Gasteiger partial charge is 0.452 e. The van der Waals surface area contributed by atoms with Gasteiger partial charge in [-0.05, 0) is 43.0 Å². The molecule has 0 N–H and O–H groups in total. The fourth-order valence-electron chi connectivity index (χ4n) is 2.00. The number of ether oxygens (including phenoxy) is 2. The van der Waals surface area contributed by atoms with E-state index in [1.54, 1.807) is 30.3 Å². The molecule has 106 valence electrons. The van der Waals surface area contributed by atoms with Crippen LogP contribution >= 0.6 is 11.3 Å². The van der Waals surface area contributed by atoms with Crippen molar-refractivity contribution >= 4 is 23.1 Å². The minimum atomic E-state index is -0.420. The van der Waals surface area contributed by atoms with Crippen molar-refractivity contribution in [1.82, 2.24) is 0 Å². The van der Waals surface area contributed by atoms with Gasteiger partial charge in [0.1, 0.15) is 16.4 Å². The van der Waals surface area contributed by atoms with Crippen LogP contribution in [0.2, 0.25) is 0 Å². The highest BCUT2D eigenvalue weighted by Gasteiger charge is 2.28. The molecule has 1 aliphatic rings. The number of carbonyl (C=O) groups is 2. The average molecular weight is 300 g/mol. The Bertz CT molecular complexity index is 753. The van der Waals surface area contributed by atoms with Crippen LogP contribution in [-0.4, -0.2) is 11.8 Å². The fourth-order valence-corrected chi connectivity index (χ4v) is 2.60. The van der Waals surface area contributed by atoms with Crippen molar-refractivity contribution < 1.29 is 19.1 Å². The third kappa shape index (κ3) is 2.48. The molecule has 1 aromatic carbocycles. The lowest BCUT2D eigenvalue weighted by atomic mass is 10.1. The molecule has 0 fully saturated rings. The van der Waals surface area contributed by atoms with Crippen molar-refractivity contribution in [2.45, 2.75) is 13.8 Å². The monoisotopic (exact) mass is 300 g/mol. The van der Waals surface area contributed by atoms with Crippen molar-refractivity contribution in [3.05, 3.63) is 57.5 Å². The molecular weight excluding hydrogens is 288 g/mol. The first-order chi connectivity index (χ1) is 10.1. The Morgan fingerprint density at radius 3 is 2.71 bits per heavy atom. The van der Waals surface area contributed by atoms with Gasteiger partial charge in [0, 0.05) is 6.07 Å². The van der Waals surface area contributed by atoms with Crippen molar-refractivity contribution in [3.8, 4) is 11.5 Å². The summed E-state index contributed by atoms with van der Waals surface area (Å²) in [5.41, 5.74) is 1.30. The summed E-state index contributed by atoms with van der Waals surface area (Å²) < 4.78 is 10.8. The summed E-state index contributed by atoms with van der Waals surface area (Å²) in [6.45, 7) is 3.63. The van der Waals surface area contributed by atoms with E-state index in [-0.39, 0.29) is 5.78 Å². The van der Waals surface area contributed by atoms with Crippen molar-refractivity contribution in [2.24, 2.45) is 0 Å². The summed E-state index contributed by atoms with van der Waals surface area (Å²) in [6.07, 6.45) is 0. The summed E-state index contributed by atoms with van der Waals surface area (Å²) in [5.74, 6) is 0.562. The Balaban J connectivity index is 1.86. The van der Waals surface area contributed by atoms with Crippen molar-refractivity contribution in [3.63, 3.8) is 0 Å². The molecule has 0 radical (unpaired) electrons. The van der Waals surface area contributed by atoms with Crippen LogP contribution in [0.1, 0.15) is 33.9 Å². The maximum absolute atomic E-state index is 12.1. The van der Waals surface area contributed by atoms with E-state index in [0.717, 1.165) is 5.57 Å². The standard InChI is InChI=1S/C16H12O4S/c1-9(2)15-14(17)11-6-5-10(8-12(11)20-15)19-16(18)13-4-3-7-21-13/h3-8H,1-2H3. The van der Waals surface area contributed by atoms with Gasteiger partial charge in [0.25, 0.3) is 0 Å². The summed E-state index contributed by atoms with van der Waals surface area (Å²) in [6, 6.07) is 8.26. The molecule has 0 saturated heterocycles. The molecule has 0 bridgehead atoms. The summed E-state index contributed by atoms with van der Waals surface area (Å²) in [4.78, 5) is 24.5. The van der Waals surface area contributed by atoms with Gasteiger partial charge in [0.15, 0.2) is 5.76 Å². The zero-order valence-corrected chi connectivity index (χ0v) is 12.3. The molecule has 21 heavy (non-hydrogen) atoms. The number of esters is 1. The molecule has 0 unspecified atom stereocenters. The van der Waals surface area contributed by atoms with Gasteiger partial charge in [-0.25, -0.2) is 4.79 Å². The van der Waals surface area contributed by atoms with Gasteiger partial charge in [-0.3, -0.25) is 4.79 Å². The molecule has 0 spiro atoms. The third-order valence-electron chi connectivity index (χ3n) is 3.00. The zero-order chi connectivity index (χ0) is 15.0. The lowest BCUT2D eigenvalue weighted by molar-refractivity contribution is 0.0739. The highest BCUT2D eigenvalue weighted by molar-refractivity contribution is 7.12. The van der Waals surface area contributed by atoms with Gasteiger partial charge in [0.2, 0.25) is 5.78 Å². The lowest BCUT2D eigenvalue weighted by Crippen LogP contribution is -2.06. The van der Waals surface area contributed by atoms with Gasteiger partial charge < -0.3 is 9.47 Å². The SMILES string of the molecule is CC(C)=C1Oc2cc(OC(=O)c3cccs3)ccc2C1=O. The minimum absolute atomic E-state index is 0.138. The van der Waals surface area contributed by atoms with Crippen molar-refractivity contribution in [1.29, 1.82) is 0 Å². The molecule has 3 rings (SSSR count). The molecule has 0 amide bonds. The van der Waals surface area contributed by atoms with Crippen LogP contribution in [0.5, 0.6) is 11.5 Å². The first kappa shape index (κ1) is 13.6. The van der Waals surface area contributed by atoms with E-state index in [0.29, 0.717) is 27.7 Å². The van der Waals surface area contributed by atoms with Crippen LogP contribution in [-0.2, 0) is 0 Å². The van der Waals surface area contributed by atoms with E-state index >= 15 is 0 Å². The highest BCUT2D eigenvalue weighted by atomic mass is 32.1. The number of Topliss-reactive ketones (excluding diaryl/α,β-unsaturated/α-hetero) is 1. The zero-order valence-electron chi connectivity index (χ0n) is 11.5. The lowest BCUT2D eigenvalue weighted by Gasteiger charge is -2.04. The predicted octanol–water partition coefficient (Wildman–Crippen LogP) is 3.84. The van der Waals surface area contributed by atoms with Crippen molar-refractivity contribution in [2.75, 3.05) is 0 Å². The third-order valence-corrected chi connectivity index (χ3v) is 3.85. The average Bonchev–Trinajstić information content (AvgIpc) is 3.07. The number of hydrogen-bond donors (Lipinski definition) is 0. The molecule has 5 heteroatoms. The molecule has 0 atom stereocenters. The number of ketones is 1. The number of rotatable bonds is 2. The van der Waals surface area contributed by atoms with Crippen LogP contribution in [0.4, 0.5) is 0 Å². The first-order valence-corrected chi connectivity index (χ1v) is 7.24. The summed E-state index contributed by atoms with van der Waals surface area (Å²) in [5, 5.41) is 1.81. The summed E-state index contributed by atoms with van der Waals surface area (Å²) in [7, 11) is 0. The molecular formula is C16H12O4S. The molecule has 0 saturated carbocycles. The maximum atomic E-state index is 12.1. The van der Waals surface area contributed by atoms with Crippen LogP contribution in [0, 0.1) is 0 Å². The Kier molecular flexibility index (Phi) is 3.35. The number of hydrogen-bond acceptors (Lipinski definition) is 5. The van der Waals surface area contributed by atoms with E-state index in [2.05, 4.69) is 0 Å².